The fourth-order valence-electron chi connectivity index (χ4n) is 4.05. The number of carboxylic acid groups (broad SMARTS) is 1. The van der Waals surface area contributed by atoms with Gasteiger partial charge in [-0.1, -0.05) is 23.3 Å². The van der Waals surface area contributed by atoms with Crippen molar-refractivity contribution in [2.24, 2.45) is 5.73 Å². The largest absolute Gasteiger partial charge is 0.477 e. The number of rotatable bonds is 9. The maximum absolute atomic E-state index is 13.5. The summed E-state index contributed by atoms with van der Waals surface area (Å²) in [6.45, 7) is 2.12. The fourth-order valence-corrected chi connectivity index (χ4v) is 4.05. The van der Waals surface area contributed by atoms with Crippen LogP contribution in [0.2, 0.25) is 0 Å². The number of benzene rings is 2. The number of hydrogen-bond donors (Lipinski definition) is 5. The maximum Gasteiger partial charge on any atom is 0.354 e. The van der Waals surface area contributed by atoms with Crippen molar-refractivity contribution in [3.05, 3.63) is 108 Å². The number of amides is 1. The van der Waals surface area contributed by atoms with Gasteiger partial charge in [-0.3, -0.25) is 14.4 Å². The van der Waals surface area contributed by atoms with Gasteiger partial charge >= 0.3 is 11.9 Å². The van der Waals surface area contributed by atoms with Gasteiger partial charge in [0.25, 0.3) is 22.5 Å². The Kier molecular flexibility index (Phi) is 11.1. The normalized spacial score (nSPS) is 11.1. The highest BCUT2D eigenvalue weighted by Gasteiger charge is 2.20. The van der Waals surface area contributed by atoms with Crippen LogP contribution in [0.15, 0.2) is 58.1 Å². The highest BCUT2D eigenvalue weighted by molar-refractivity contribution is 5.96. The van der Waals surface area contributed by atoms with Gasteiger partial charge in [0.05, 0.1) is 18.7 Å². The van der Waals surface area contributed by atoms with Gasteiger partial charge in [-0.2, -0.15) is 4.52 Å². The van der Waals surface area contributed by atoms with Crippen LogP contribution in [-0.2, 0) is 17.8 Å². The van der Waals surface area contributed by atoms with Crippen LogP contribution in [0.5, 0.6) is 0 Å². The Morgan fingerprint density at radius 3 is 2.39 bits per heavy atom. The van der Waals surface area contributed by atoms with Crippen molar-refractivity contribution in [2.75, 3.05) is 18.2 Å². The number of nitrogen functional groups attached to an aromatic ring is 1. The Morgan fingerprint density at radius 1 is 1.09 bits per heavy atom. The molecule has 0 fully saturated rings. The van der Waals surface area contributed by atoms with Crippen molar-refractivity contribution in [2.45, 2.75) is 26.1 Å². The van der Waals surface area contributed by atoms with Gasteiger partial charge in [0.15, 0.2) is 5.69 Å². The summed E-state index contributed by atoms with van der Waals surface area (Å²) in [5.74, 6) is -2.85. The van der Waals surface area contributed by atoms with Crippen molar-refractivity contribution in [3.8, 4) is 0 Å². The summed E-state index contributed by atoms with van der Waals surface area (Å²) in [4.78, 5) is 61.3. The SMILES string of the molecule is COC(=O)c1ccc([C@H](C)NC(=O)c2cc(C(=O)O)n3nnnc3n2)cc1.Cl.NCc1ccc(F)c(CNc2c(N)c(=O)c2=O)c1. The first kappa shape index (κ1) is 34.7. The zero-order chi connectivity index (χ0) is 32.8. The van der Waals surface area contributed by atoms with Crippen molar-refractivity contribution in [3.63, 3.8) is 0 Å². The first-order chi connectivity index (χ1) is 21.4. The van der Waals surface area contributed by atoms with E-state index in [-0.39, 0.29) is 47.5 Å². The van der Waals surface area contributed by atoms with E-state index in [9.17, 15) is 33.5 Å². The molecule has 0 unspecified atom stereocenters. The van der Waals surface area contributed by atoms with Crippen LogP contribution in [-0.4, -0.2) is 55.1 Å². The van der Waals surface area contributed by atoms with Gasteiger partial charge in [0, 0.05) is 24.7 Å². The average Bonchev–Trinajstić information content (AvgIpc) is 3.53. The lowest BCUT2D eigenvalue weighted by atomic mass is 10.1. The number of halogens is 2. The number of carbonyl (C=O) groups is 3. The molecule has 5 aromatic rings. The smallest absolute Gasteiger partial charge is 0.354 e. The van der Waals surface area contributed by atoms with Crippen LogP contribution in [0.4, 0.5) is 15.8 Å². The Hall–Kier alpha value is -5.81. The molecule has 1 amide bonds. The number of aromatic carboxylic acids is 1. The second kappa shape index (κ2) is 14.8. The summed E-state index contributed by atoms with van der Waals surface area (Å²) in [5.41, 5.74) is 11.2. The number of aromatic nitrogens is 5. The number of nitrogens with two attached hydrogens (primary N) is 2. The molecule has 7 N–H and O–H groups in total. The standard InChI is InChI=1S/C16H14N6O5.C12H12FN3O2.ClH/c1-8(9-3-5-10(6-4-9)15(26)27-2)17-13(23)11-7-12(14(24)25)22-16(18-11)19-20-21-22;13-8-2-1-6(4-14)3-7(8)5-16-10-9(15)11(17)12(10)18;/h3-8H,1-2H3,(H,17,23)(H,24,25);1-3,16H,4-5,14-15H2;1H/t8-;;/m0../s1. The highest BCUT2D eigenvalue weighted by Crippen LogP contribution is 2.16. The van der Waals surface area contributed by atoms with Crippen LogP contribution >= 0.6 is 12.4 Å². The number of methoxy groups -OCH3 is 1. The molecule has 0 saturated carbocycles. The molecule has 46 heavy (non-hydrogen) atoms. The second-order valence-corrected chi connectivity index (χ2v) is 9.46. The van der Waals surface area contributed by atoms with E-state index in [1.807, 2.05) is 0 Å². The van der Waals surface area contributed by atoms with Gasteiger partial charge in [0.1, 0.15) is 22.9 Å². The number of ether oxygens (including phenoxy) is 1. The molecular weight excluding hydrogens is 629 g/mol. The van der Waals surface area contributed by atoms with Crippen molar-refractivity contribution in [1.82, 2.24) is 30.3 Å². The summed E-state index contributed by atoms with van der Waals surface area (Å²) in [7, 11) is 1.29. The number of carbonyl (C=O) groups excluding carboxylic acids is 2. The summed E-state index contributed by atoms with van der Waals surface area (Å²) in [6, 6.07) is 11.7. The first-order valence-corrected chi connectivity index (χ1v) is 13.1. The van der Waals surface area contributed by atoms with Crippen LogP contribution in [0.25, 0.3) is 5.78 Å². The molecule has 18 heteroatoms. The highest BCUT2D eigenvalue weighted by atomic mass is 35.5. The first-order valence-electron chi connectivity index (χ1n) is 13.1. The Bertz CT molecular complexity index is 1980. The fraction of sp³-hybridized carbons (Fsp3) is 0.179. The topological polar surface area (TPSA) is 247 Å². The quantitative estimate of drug-likeness (QED) is 0.110. The lowest BCUT2D eigenvalue weighted by molar-refractivity contribution is 0.0599. The predicted molar refractivity (Wildman–Crippen MR) is 164 cm³/mol. The average molecular weight is 656 g/mol. The number of tetrazole rings is 1. The molecule has 0 spiro atoms. The number of hydrogen-bond acceptors (Lipinski definition) is 13. The molecule has 0 bridgehead atoms. The molecule has 16 nitrogen and oxygen atoms in total. The van der Waals surface area contributed by atoms with E-state index in [2.05, 4.69) is 35.9 Å². The Balaban J connectivity index is 0.000000265. The third-order valence-corrected chi connectivity index (χ3v) is 6.55. The lowest BCUT2D eigenvalue weighted by Gasteiger charge is -2.14. The minimum absolute atomic E-state index is 0. The van der Waals surface area contributed by atoms with E-state index >= 15 is 0 Å². The number of nitrogens with one attached hydrogen (secondary N) is 2. The van der Waals surface area contributed by atoms with E-state index in [1.165, 1.54) is 13.2 Å². The molecule has 0 aliphatic carbocycles. The van der Waals surface area contributed by atoms with E-state index in [1.54, 1.807) is 43.3 Å². The third kappa shape index (κ3) is 7.45. The lowest BCUT2D eigenvalue weighted by Crippen LogP contribution is -2.37. The third-order valence-electron chi connectivity index (χ3n) is 6.55. The summed E-state index contributed by atoms with van der Waals surface area (Å²) < 4.78 is 19.0. The minimum Gasteiger partial charge on any atom is -0.477 e. The number of esters is 1. The van der Waals surface area contributed by atoms with Crippen LogP contribution < -0.4 is 33.0 Å². The second-order valence-electron chi connectivity index (χ2n) is 9.46. The van der Waals surface area contributed by atoms with Crippen LogP contribution in [0.3, 0.4) is 0 Å². The molecule has 1 atom stereocenters. The summed E-state index contributed by atoms with van der Waals surface area (Å²) >= 11 is 0. The Labute approximate surface area is 264 Å². The molecule has 0 aliphatic heterocycles. The molecule has 240 valence electrons. The molecule has 3 aromatic carbocycles. The van der Waals surface area contributed by atoms with E-state index in [0.717, 1.165) is 21.7 Å². The Morgan fingerprint density at radius 2 is 1.78 bits per heavy atom. The predicted octanol–water partition coefficient (Wildman–Crippen LogP) is 0.992. The molecule has 0 radical (unpaired) electrons. The van der Waals surface area contributed by atoms with Gasteiger partial charge in [-0.25, -0.2) is 19.0 Å². The molecule has 5 rings (SSSR count). The van der Waals surface area contributed by atoms with Crippen molar-refractivity contribution < 1.29 is 28.6 Å². The molecule has 0 saturated heterocycles. The number of fused-ring (bicyclic) bond motifs is 1. The van der Waals surface area contributed by atoms with Gasteiger partial charge in [-0.15, -0.1) is 12.4 Å². The van der Waals surface area contributed by atoms with E-state index in [0.29, 0.717) is 17.7 Å². The summed E-state index contributed by atoms with van der Waals surface area (Å²) in [5, 5.41) is 25.1. The molecule has 2 aromatic heterocycles. The van der Waals surface area contributed by atoms with Gasteiger partial charge in [-0.05, 0) is 52.7 Å². The van der Waals surface area contributed by atoms with Crippen LogP contribution in [0.1, 0.15) is 61.0 Å². The van der Waals surface area contributed by atoms with Gasteiger partial charge in [0.2, 0.25) is 0 Å². The number of carboxylic acids is 1. The molecule has 2 heterocycles. The van der Waals surface area contributed by atoms with E-state index in [4.69, 9.17) is 11.5 Å². The zero-order valence-corrected chi connectivity index (χ0v) is 25.0. The number of anilines is 2. The van der Waals surface area contributed by atoms with E-state index < -0.39 is 40.6 Å². The minimum atomic E-state index is -1.30. The monoisotopic (exact) mass is 655 g/mol. The van der Waals surface area contributed by atoms with Gasteiger partial charge < -0.3 is 31.9 Å². The zero-order valence-electron chi connectivity index (χ0n) is 24.2. The van der Waals surface area contributed by atoms with Crippen LogP contribution in [0, 0.1) is 5.82 Å². The maximum atomic E-state index is 13.5. The molecular formula is C28H27ClFN9O7. The van der Waals surface area contributed by atoms with Crippen molar-refractivity contribution >= 4 is 47.4 Å². The molecule has 0 aliphatic rings. The number of nitrogens with zero attached hydrogens (tertiary/aromatic N) is 5. The van der Waals surface area contributed by atoms with Crippen molar-refractivity contribution in [1.29, 1.82) is 0 Å². The summed E-state index contributed by atoms with van der Waals surface area (Å²) in [6.07, 6.45) is 0.